The van der Waals surface area contributed by atoms with Crippen LogP contribution in [-0.2, 0) is 11.2 Å². The molecule has 0 N–H and O–H groups in total. The van der Waals surface area contributed by atoms with Gasteiger partial charge >= 0.3 is 0 Å². The van der Waals surface area contributed by atoms with E-state index in [2.05, 4.69) is 17.1 Å². The van der Waals surface area contributed by atoms with Crippen LogP contribution in [0.4, 0.5) is 5.69 Å². The highest BCUT2D eigenvalue weighted by molar-refractivity contribution is 6.30. The maximum Gasteiger partial charge on any atom is 0.270 e. The molecule has 168 valence electrons. The predicted octanol–water partition coefficient (Wildman–Crippen LogP) is 4.55. The van der Waals surface area contributed by atoms with E-state index >= 15 is 0 Å². The molecule has 9 nitrogen and oxygen atoms in total. The number of ether oxygens (including phenoxy) is 1. The molecule has 0 saturated carbocycles. The van der Waals surface area contributed by atoms with Gasteiger partial charge in [-0.15, -0.1) is 0 Å². The van der Waals surface area contributed by atoms with Crippen molar-refractivity contribution in [2.45, 2.75) is 26.2 Å². The maximum absolute atomic E-state index is 12.7. The lowest BCUT2D eigenvalue weighted by atomic mass is 10.2. The topological polar surface area (TPSA) is 112 Å². The molecule has 0 radical (unpaired) electrons. The Bertz CT molecular complexity index is 1050. The van der Waals surface area contributed by atoms with E-state index in [4.69, 9.17) is 20.9 Å². The number of carbonyl (C=O) groups is 1. The van der Waals surface area contributed by atoms with Gasteiger partial charge < -0.3 is 14.2 Å². The molecular formula is C22H23ClN4O5. The molecule has 3 rings (SSSR count). The number of nitro benzene ring substituents is 1. The second kappa shape index (κ2) is 11.2. The molecule has 1 aromatic heterocycles. The lowest BCUT2D eigenvalue weighted by Crippen LogP contribution is -2.37. The molecule has 0 aliphatic heterocycles. The molecule has 0 aliphatic carbocycles. The Morgan fingerprint density at radius 2 is 2.00 bits per heavy atom. The van der Waals surface area contributed by atoms with Crippen molar-refractivity contribution < 1.29 is 19.0 Å². The number of rotatable bonds is 11. The zero-order valence-electron chi connectivity index (χ0n) is 17.6. The molecule has 2 aromatic carbocycles. The zero-order valence-corrected chi connectivity index (χ0v) is 18.3. The number of halogens is 1. The Kier molecular flexibility index (Phi) is 8.15. The molecule has 0 unspecified atom stereocenters. The number of carbonyl (C=O) groups excluding carboxylic acids is 1. The highest BCUT2D eigenvalue weighted by Crippen LogP contribution is 2.21. The summed E-state index contributed by atoms with van der Waals surface area (Å²) in [5, 5.41) is 15.5. The van der Waals surface area contributed by atoms with Gasteiger partial charge in [-0.05, 0) is 30.7 Å². The molecule has 0 atom stereocenters. The molecule has 0 fully saturated rings. The van der Waals surface area contributed by atoms with Gasteiger partial charge in [-0.25, -0.2) is 0 Å². The summed E-state index contributed by atoms with van der Waals surface area (Å²) in [5.41, 5.74) is 0.440. The average molecular weight is 459 g/mol. The number of nitro groups is 1. The first-order valence-corrected chi connectivity index (χ1v) is 10.6. The quantitative estimate of drug-likeness (QED) is 0.306. The van der Waals surface area contributed by atoms with Crippen LogP contribution in [0.3, 0.4) is 0 Å². The Balaban J connectivity index is 1.60. The summed E-state index contributed by atoms with van der Waals surface area (Å²) in [7, 11) is 0. The van der Waals surface area contributed by atoms with E-state index in [1.165, 1.54) is 12.1 Å². The summed E-state index contributed by atoms with van der Waals surface area (Å²) in [5.74, 6) is 1.03. The first-order valence-electron chi connectivity index (χ1n) is 10.2. The highest BCUT2D eigenvalue weighted by atomic mass is 35.5. The number of hydrogen-bond acceptors (Lipinski definition) is 7. The summed E-state index contributed by atoms with van der Waals surface area (Å²) in [4.78, 5) is 29.2. The van der Waals surface area contributed by atoms with Crippen molar-refractivity contribution in [3.05, 3.63) is 69.6 Å². The van der Waals surface area contributed by atoms with Gasteiger partial charge in [-0.3, -0.25) is 14.9 Å². The summed E-state index contributed by atoms with van der Waals surface area (Å²) in [6.07, 6.45) is 2.16. The number of aromatic nitrogens is 2. The molecule has 10 heteroatoms. The minimum absolute atomic E-state index is 0.0501. The maximum atomic E-state index is 12.7. The summed E-state index contributed by atoms with van der Waals surface area (Å²) >= 11 is 5.86. The average Bonchev–Trinajstić information content (AvgIpc) is 3.28. The molecular weight excluding hydrogens is 436 g/mol. The lowest BCUT2D eigenvalue weighted by molar-refractivity contribution is -0.384. The van der Waals surface area contributed by atoms with E-state index < -0.39 is 4.92 Å². The molecule has 0 saturated heterocycles. The monoisotopic (exact) mass is 458 g/mol. The number of hydrogen-bond donors (Lipinski definition) is 0. The van der Waals surface area contributed by atoms with Crippen LogP contribution in [-0.4, -0.2) is 45.6 Å². The van der Waals surface area contributed by atoms with Crippen LogP contribution in [0.15, 0.2) is 53.1 Å². The minimum atomic E-state index is -0.478. The normalized spacial score (nSPS) is 10.7. The van der Waals surface area contributed by atoms with Crippen molar-refractivity contribution >= 4 is 23.2 Å². The first-order chi connectivity index (χ1) is 15.5. The van der Waals surface area contributed by atoms with Crippen LogP contribution in [0.5, 0.6) is 5.75 Å². The number of non-ortho nitro benzene ring substituents is 1. The fourth-order valence-electron chi connectivity index (χ4n) is 2.94. The molecule has 3 aromatic rings. The highest BCUT2D eigenvalue weighted by Gasteiger charge is 2.17. The van der Waals surface area contributed by atoms with Crippen molar-refractivity contribution in [3.63, 3.8) is 0 Å². The van der Waals surface area contributed by atoms with Crippen LogP contribution in [0.25, 0.3) is 11.4 Å². The third-order valence-corrected chi connectivity index (χ3v) is 4.94. The number of unbranched alkanes of at least 4 members (excludes halogenated alkanes) is 1. The molecule has 32 heavy (non-hydrogen) atoms. The van der Waals surface area contributed by atoms with Gasteiger partial charge in [-0.1, -0.05) is 42.2 Å². The van der Waals surface area contributed by atoms with Crippen LogP contribution in [0.2, 0.25) is 5.02 Å². The van der Waals surface area contributed by atoms with Crippen LogP contribution >= 0.6 is 11.6 Å². The zero-order chi connectivity index (χ0) is 22.9. The van der Waals surface area contributed by atoms with Crippen LogP contribution in [0.1, 0.15) is 25.7 Å². The number of benzene rings is 2. The van der Waals surface area contributed by atoms with E-state index in [0.29, 0.717) is 41.7 Å². The standard InChI is InChI=1S/C22H23ClN4O5/c1-2-3-12-26(21(28)15-31-19-9-7-17(23)8-10-19)13-11-20-24-22(25-32-20)16-5-4-6-18(14-16)27(29)30/h4-10,14H,2-3,11-13,15H2,1H3. The van der Waals surface area contributed by atoms with Crippen molar-refractivity contribution in [2.75, 3.05) is 19.7 Å². The van der Waals surface area contributed by atoms with Gasteiger partial charge in [0, 0.05) is 42.2 Å². The van der Waals surface area contributed by atoms with Crippen molar-refractivity contribution in [1.29, 1.82) is 0 Å². The largest absolute Gasteiger partial charge is 0.484 e. The van der Waals surface area contributed by atoms with E-state index in [1.807, 2.05) is 0 Å². The van der Waals surface area contributed by atoms with E-state index in [0.717, 1.165) is 12.8 Å². The van der Waals surface area contributed by atoms with Crippen LogP contribution < -0.4 is 4.74 Å². The SMILES string of the molecule is CCCCN(CCc1nc(-c2cccc([N+](=O)[O-])c2)no1)C(=O)COc1ccc(Cl)cc1. The molecule has 0 bridgehead atoms. The van der Waals surface area contributed by atoms with E-state index in [9.17, 15) is 14.9 Å². The third-order valence-electron chi connectivity index (χ3n) is 4.69. The summed E-state index contributed by atoms with van der Waals surface area (Å²) in [6, 6.07) is 12.8. The molecule has 1 amide bonds. The smallest absolute Gasteiger partial charge is 0.270 e. The fourth-order valence-corrected chi connectivity index (χ4v) is 3.07. The van der Waals surface area contributed by atoms with Crippen LogP contribution in [0, 0.1) is 10.1 Å². The van der Waals surface area contributed by atoms with Gasteiger partial charge in [0.25, 0.3) is 11.6 Å². The molecule has 0 aliphatic rings. The first kappa shape index (κ1) is 23.2. The Morgan fingerprint density at radius 1 is 1.22 bits per heavy atom. The fraction of sp³-hybridized carbons (Fsp3) is 0.318. The number of amides is 1. The second-order valence-corrected chi connectivity index (χ2v) is 7.48. The lowest BCUT2D eigenvalue weighted by Gasteiger charge is -2.22. The molecule has 1 heterocycles. The van der Waals surface area contributed by atoms with Gasteiger partial charge in [0.15, 0.2) is 6.61 Å². The predicted molar refractivity (Wildman–Crippen MR) is 119 cm³/mol. The van der Waals surface area contributed by atoms with Gasteiger partial charge in [0.1, 0.15) is 5.75 Å². The van der Waals surface area contributed by atoms with Gasteiger partial charge in [-0.2, -0.15) is 4.98 Å². The minimum Gasteiger partial charge on any atom is -0.484 e. The van der Waals surface area contributed by atoms with Crippen molar-refractivity contribution in [1.82, 2.24) is 15.0 Å². The summed E-state index contributed by atoms with van der Waals surface area (Å²) < 4.78 is 10.9. The molecule has 0 spiro atoms. The Morgan fingerprint density at radius 3 is 2.72 bits per heavy atom. The van der Waals surface area contributed by atoms with Gasteiger partial charge in [0.05, 0.1) is 4.92 Å². The Labute approximate surface area is 190 Å². The Hall–Kier alpha value is -3.46. The third kappa shape index (κ3) is 6.52. The van der Waals surface area contributed by atoms with E-state index in [1.54, 1.807) is 41.3 Å². The summed E-state index contributed by atoms with van der Waals surface area (Å²) in [6.45, 7) is 2.94. The second-order valence-electron chi connectivity index (χ2n) is 7.05. The van der Waals surface area contributed by atoms with E-state index in [-0.39, 0.29) is 24.0 Å². The van der Waals surface area contributed by atoms with Crippen molar-refractivity contribution in [3.8, 4) is 17.1 Å². The van der Waals surface area contributed by atoms with Gasteiger partial charge in [0.2, 0.25) is 11.7 Å². The van der Waals surface area contributed by atoms with Crippen molar-refractivity contribution in [2.24, 2.45) is 0 Å². The number of nitrogens with zero attached hydrogens (tertiary/aromatic N) is 4.